The van der Waals surface area contributed by atoms with Gasteiger partial charge in [0.1, 0.15) is 0 Å². The largest absolute Gasteiger partial charge is 0.493 e. The van der Waals surface area contributed by atoms with Gasteiger partial charge in [0.15, 0.2) is 11.5 Å². The number of nitrogens with zero attached hydrogens (tertiary/aromatic N) is 2. The van der Waals surface area contributed by atoms with Crippen LogP contribution in [0.5, 0.6) is 11.5 Å². The fourth-order valence-electron chi connectivity index (χ4n) is 3.91. The summed E-state index contributed by atoms with van der Waals surface area (Å²) in [5, 5.41) is 0. The highest BCUT2D eigenvalue weighted by Gasteiger charge is 2.21. The van der Waals surface area contributed by atoms with E-state index in [4.69, 9.17) is 9.47 Å². The summed E-state index contributed by atoms with van der Waals surface area (Å²) in [6, 6.07) is 23.9. The van der Waals surface area contributed by atoms with Gasteiger partial charge in [0, 0.05) is 19.2 Å². The number of piperidine rings is 1. The lowest BCUT2D eigenvalue weighted by atomic mass is 10.1. The fourth-order valence-corrected chi connectivity index (χ4v) is 3.91. The molecule has 1 heterocycles. The molecule has 0 atom stereocenters. The van der Waals surface area contributed by atoms with Crippen LogP contribution in [0, 0.1) is 0 Å². The van der Waals surface area contributed by atoms with Crippen LogP contribution in [0.3, 0.4) is 0 Å². The van der Waals surface area contributed by atoms with Crippen molar-refractivity contribution in [3.05, 3.63) is 90.5 Å². The van der Waals surface area contributed by atoms with Crippen LogP contribution in [0.4, 0.5) is 16.2 Å². The van der Waals surface area contributed by atoms with E-state index in [9.17, 15) is 9.59 Å². The van der Waals surface area contributed by atoms with Crippen LogP contribution in [-0.2, 0) is 4.79 Å². The second-order valence-corrected chi connectivity index (χ2v) is 8.00. The van der Waals surface area contributed by atoms with Crippen LogP contribution in [0.25, 0.3) is 6.08 Å². The highest BCUT2D eigenvalue weighted by molar-refractivity contribution is 5.97. The molecule has 4 rings (SSSR count). The Kier molecular flexibility index (Phi) is 7.60. The van der Waals surface area contributed by atoms with Crippen LogP contribution in [0.2, 0.25) is 0 Å². The number of ether oxygens (including phenoxy) is 2. The highest BCUT2D eigenvalue weighted by atomic mass is 16.6. The first-order chi connectivity index (χ1) is 16.7. The standard InChI is InChI=1S/C28H28N2O4/c1-33-26-21-22(16-18-27(31)29-19-9-4-10-20-29)15-17-25(26)34-28(32)30(23-11-5-2-6-12-23)24-13-7-3-8-14-24/h2-3,5-8,11-18,21H,4,9-10,19-20H2,1H3/b18-16+. The van der Waals surface area contributed by atoms with E-state index < -0.39 is 6.09 Å². The number of rotatable bonds is 6. The quantitative estimate of drug-likeness (QED) is 0.423. The first kappa shape index (κ1) is 23.1. The lowest BCUT2D eigenvalue weighted by Gasteiger charge is -2.25. The molecule has 0 aromatic heterocycles. The molecule has 0 N–H and O–H groups in total. The van der Waals surface area contributed by atoms with E-state index in [-0.39, 0.29) is 5.91 Å². The Morgan fingerprint density at radius 3 is 2.03 bits per heavy atom. The van der Waals surface area contributed by atoms with Crippen molar-refractivity contribution in [2.24, 2.45) is 0 Å². The summed E-state index contributed by atoms with van der Waals surface area (Å²) in [5.74, 6) is 0.710. The number of amides is 2. The molecule has 34 heavy (non-hydrogen) atoms. The fraction of sp³-hybridized carbons (Fsp3) is 0.214. The minimum Gasteiger partial charge on any atom is -0.493 e. The number of hydrogen-bond donors (Lipinski definition) is 0. The number of carbonyl (C=O) groups excluding carboxylic acids is 2. The van der Waals surface area contributed by atoms with Crippen molar-refractivity contribution in [1.29, 1.82) is 0 Å². The molecule has 0 bridgehead atoms. The summed E-state index contributed by atoms with van der Waals surface area (Å²) < 4.78 is 11.2. The van der Waals surface area contributed by atoms with Gasteiger partial charge in [-0.3, -0.25) is 4.79 Å². The molecule has 6 nitrogen and oxygen atoms in total. The topological polar surface area (TPSA) is 59.1 Å². The van der Waals surface area contributed by atoms with Gasteiger partial charge in [-0.1, -0.05) is 42.5 Å². The van der Waals surface area contributed by atoms with E-state index in [0.717, 1.165) is 31.5 Å². The van der Waals surface area contributed by atoms with Crippen molar-refractivity contribution in [3.63, 3.8) is 0 Å². The molecule has 2 amide bonds. The van der Waals surface area contributed by atoms with E-state index in [0.29, 0.717) is 22.9 Å². The normalized spacial score (nSPS) is 13.5. The molecule has 0 spiro atoms. The average Bonchev–Trinajstić information content (AvgIpc) is 2.89. The zero-order chi connectivity index (χ0) is 23.8. The van der Waals surface area contributed by atoms with E-state index in [1.807, 2.05) is 65.6 Å². The smallest absolute Gasteiger partial charge is 0.424 e. The molecule has 1 saturated heterocycles. The van der Waals surface area contributed by atoms with Gasteiger partial charge in [0.05, 0.1) is 18.5 Å². The molecule has 1 fully saturated rings. The Morgan fingerprint density at radius 2 is 1.44 bits per heavy atom. The Hall–Kier alpha value is -4.06. The third-order valence-electron chi connectivity index (χ3n) is 5.68. The van der Waals surface area contributed by atoms with Crippen molar-refractivity contribution in [2.45, 2.75) is 19.3 Å². The van der Waals surface area contributed by atoms with Crippen LogP contribution in [0.1, 0.15) is 24.8 Å². The van der Waals surface area contributed by atoms with Gasteiger partial charge < -0.3 is 14.4 Å². The second-order valence-electron chi connectivity index (χ2n) is 8.00. The molecular formula is C28H28N2O4. The van der Waals surface area contributed by atoms with E-state index in [1.165, 1.54) is 18.4 Å². The molecule has 174 valence electrons. The monoisotopic (exact) mass is 456 g/mol. The van der Waals surface area contributed by atoms with Crippen LogP contribution >= 0.6 is 0 Å². The van der Waals surface area contributed by atoms with Crippen molar-refractivity contribution >= 4 is 29.5 Å². The summed E-state index contributed by atoms with van der Waals surface area (Å²) in [6.45, 7) is 1.61. The van der Waals surface area contributed by atoms with E-state index >= 15 is 0 Å². The number of anilines is 2. The zero-order valence-corrected chi connectivity index (χ0v) is 19.2. The third-order valence-corrected chi connectivity index (χ3v) is 5.68. The molecule has 3 aromatic carbocycles. The SMILES string of the molecule is COc1cc(/C=C/C(=O)N2CCCCC2)ccc1OC(=O)N(c1ccccc1)c1ccccc1. The van der Waals surface area contributed by atoms with Gasteiger partial charge in [-0.2, -0.15) is 0 Å². The predicted molar refractivity (Wildman–Crippen MR) is 134 cm³/mol. The summed E-state index contributed by atoms with van der Waals surface area (Å²) >= 11 is 0. The van der Waals surface area contributed by atoms with Crippen LogP contribution in [0.15, 0.2) is 84.9 Å². The lowest BCUT2D eigenvalue weighted by molar-refractivity contribution is -0.126. The average molecular weight is 457 g/mol. The zero-order valence-electron chi connectivity index (χ0n) is 19.2. The number of para-hydroxylation sites is 2. The maximum Gasteiger partial charge on any atom is 0.424 e. The highest BCUT2D eigenvalue weighted by Crippen LogP contribution is 2.32. The molecular weight excluding hydrogens is 428 g/mol. The summed E-state index contributed by atoms with van der Waals surface area (Å²) in [4.78, 5) is 29.0. The van der Waals surface area contributed by atoms with Gasteiger partial charge in [0.25, 0.3) is 0 Å². The molecule has 0 unspecified atom stereocenters. The van der Waals surface area contributed by atoms with Gasteiger partial charge in [0.2, 0.25) is 5.91 Å². The van der Waals surface area contributed by atoms with Crippen LogP contribution < -0.4 is 14.4 Å². The van der Waals surface area contributed by atoms with Gasteiger partial charge in [-0.25, -0.2) is 9.69 Å². The second kappa shape index (κ2) is 11.2. The Balaban J connectivity index is 1.52. The minimum atomic E-state index is -0.556. The molecule has 1 aliphatic rings. The Labute approximate surface area is 200 Å². The van der Waals surface area contributed by atoms with E-state index in [2.05, 4.69) is 0 Å². The van der Waals surface area contributed by atoms with Crippen molar-refractivity contribution < 1.29 is 19.1 Å². The third kappa shape index (κ3) is 5.64. The molecule has 0 radical (unpaired) electrons. The number of likely N-dealkylation sites (tertiary alicyclic amines) is 1. The van der Waals surface area contributed by atoms with Crippen molar-refractivity contribution in [1.82, 2.24) is 4.90 Å². The first-order valence-electron chi connectivity index (χ1n) is 11.4. The number of methoxy groups -OCH3 is 1. The van der Waals surface area contributed by atoms with E-state index in [1.54, 1.807) is 30.4 Å². The maximum absolute atomic E-state index is 13.2. The summed E-state index contributed by atoms with van der Waals surface area (Å²) in [6.07, 6.45) is 6.06. The first-order valence-corrected chi connectivity index (χ1v) is 11.4. The minimum absolute atomic E-state index is 0.00975. The maximum atomic E-state index is 13.2. The van der Waals surface area contributed by atoms with Gasteiger partial charge in [-0.05, 0) is 67.3 Å². The van der Waals surface area contributed by atoms with Crippen LogP contribution in [-0.4, -0.2) is 37.1 Å². The summed E-state index contributed by atoms with van der Waals surface area (Å²) in [7, 11) is 1.52. The number of hydrogen-bond acceptors (Lipinski definition) is 4. The van der Waals surface area contributed by atoms with Crippen molar-refractivity contribution in [2.75, 3.05) is 25.1 Å². The molecule has 0 aliphatic carbocycles. The van der Waals surface area contributed by atoms with Gasteiger partial charge in [-0.15, -0.1) is 0 Å². The molecule has 0 saturated carbocycles. The number of carbonyl (C=O) groups is 2. The summed E-state index contributed by atoms with van der Waals surface area (Å²) in [5.41, 5.74) is 2.16. The predicted octanol–water partition coefficient (Wildman–Crippen LogP) is 6.06. The van der Waals surface area contributed by atoms with Gasteiger partial charge >= 0.3 is 6.09 Å². The molecule has 6 heteroatoms. The Bertz CT molecular complexity index is 1100. The molecule has 1 aliphatic heterocycles. The Morgan fingerprint density at radius 1 is 0.824 bits per heavy atom. The lowest BCUT2D eigenvalue weighted by Crippen LogP contribution is -2.34. The van der Waals surface area contributed by atoms with Crippen molar-refractivity contribution in [3.8, 4) is 11.5 Å². The molecule has 3 aromatic rings. The number of benzene rings is 3.